The minimum absolute atomic E-state index is 0. The van der Waals surface area contributed by atoms with Crippen molar-refractivity contribution >= 4 is 6.08 Å². The Balaban J connectivity index is 0.000000280. The smallest absolute Gasteiger partial charge is 0.214 e. The van der Waals surface area contributed by atoms with Gasteiger partial charge in [-0.15, -0.1) is 23.3 Å². The zero-order valence-electron chi connectivity index (χ0n) is 8.96. The van der Waals surface area contributed by atoms with Crippen LogP contribution in [0.2, 0.25) is 0 Å². The fourth-order valence-electron chi connectivity index (χ4n) is 1.31. The first-order valence-corrected chi connectivity index (χ1v) is 4.92. The van der Waals surface area contributed by atoms with Crippen LogP contribution >= 0.6 is 0 Å². The summed E-state index contributed by atoms with van der Waals surface area (Å²) in [7, 11) is 0. The molecule has 0 bridgehead atoms. The quantitative estimate of drug-likeness (QED) is 0.549. The minimum atomic E-state index is 0. The normalized spacial score (nSPS) is 8.33. The van der Waals surface area contributed by atoms with Crippen molar-refractivity contribution in [2.75, 3.05) is 0 Å². The molecule has 0 saturated heterocycles. The first-order chi connectivity index (χ1) is 6.88. The standard InChI is InChI=1S/C9H11.C5H5.Fe/c1-3-8-6-5-7-9(8)4-2;1-2-4-5-3-1;/h3,5-7H,1,4H2,2H3;1-5H;/q2*-1;+2. The van der Waals surface area contributed by atoms with E-state index in [9.17, 15) is 0 Å². The van der Waals surface area contributed by atoms with Gasteiger partial charge in [0.1, 0.15) is 0 Å². The topological polar surface area (TPSA) is 0 Å². The zero-order chi connectivity index (χ0) is 10.2. The van der Waals surface area contributed by atoms with Gasteiger partial charge in [-0.05, 0) is 6.42 Å². The third-order valence-electron chi connectivity index (χ3n) is 2.10. The Morgan fingerprint density at radius 3 is 2.33 bits per heavy atom. The molecule has 0 aliphatic carbocycles. The second kappa shape index (κ2) is 8.28. The second-order valence-electron chi connectivity index (χ2n) is 3.03. The summed E-state index contributed by atoms with van der Waals surface area (Å²) in [4.78, 5) is 0. The van der Waals surface area contributed by atoms with Gasteiger partial charge in [-0.25, -0.2) is 12.1 Å². The van der Waals surface area contributed by atoms with Gasteiger partial charge in [0.2, 0.25) is 0 Å². The van der Waals surface area contributed by atoms with Crippen LogP contribution in [0.1, 0.15) is 18.1 Å². The van der Waals surface area contributed by atoms with Crippen molar-refractivity contribution in [2.24, 2.45) is 0 Å². The van der Waals surface area contributed by atoms with E-state index in [0.29, 0.717) is 0 Å². The Morgan fingerprint density at radius 1 is 1.33 bits per heavy atom. The molecular formula is C14H16Fe. The van der Waals surface area contributed by atoms with E-state index in [-0.39, 0.29) is 17.1 Å². The molecule has 2 rings (SSSR count). The van der Waals surface area contributed by atoms with Gasteiger partial charge in [0.05, 0.1) is 0 Å². The summed E-state index contributed by atoms with van der Waals surface area (Å²) in [6.07, 6.45) is 3.01. The van der Waals surface area contributed by atoms with Crippen LogP contribution in [0, 0.1) is 0 Å². The van der Waals surface area contributed by atoms with Crippen LogP contribution < -0.4 is 0 Å². The molecule has 15 heavy (non-hydrogen) atoms. The molecule has 0 heterocycles. The Hall–Kier alpha value is -1.04. The number of hydrogen-bond acceptors (Lipinski definition) is 0. The monoisotopic (exact) mass is 240 g/mol. The molecule has 2 aromatic carbocycles. The molecule has 0 saturated carbocycles. The van der Waals surface area contributed by atoms with Crippen LogP contribution in [0.25, 0.3) is 6.08 Å². The fraction of sp³-hybridized carbons (Fsp3) is 0.143. The fourth-order valence-corrected chi connectivity index (χ4v) is 1.31. The van der Waals surface area contributed by atoms with E-state index in [4.69, 9.17) is 0 Å². The molecule has 0 nitrogen and oxygen atoms in total. The summed E-state index contributed by atoms with van der Waals surface area (Å²) in [6.45, 7) is 5.87. The first-order valence-electron chi connectivity index (χ1n) is 4.92. The molecule has 0 radical (unpaired) electrons. The molecule has 0 aromatic heterocycles. The summed E-state index contributed by atoms with van der Waals surface area (Å²) in [5.41, 5.74) is 2.67. The van der Waals surface area contributed by atoms with Crippen molar-refractivity contribution in [1.29, 1.82) is 0 Å². The maximum Gasteiger partial charge on any atom is 2.00 e. The third kappa shape index (κ3) is 4.83. The molecule has 0 fully saturated rings. The summed E-state index contributed by atoms with van der Waals surface area (Å²) in [5, 5.41) is 0. The summed E-state index contributed by atoms with van der Waals surface area (Å²) >= 11 is 0. The largest absolute Gasteiger partial charge is 2.00 e. The number of aryl methyl sites for hydroxylation is 1. The molecule has 0 aliphatic heterocycles. The molecule has 0 atom stereocenters. The molecule has 0 unspecified atom stereocenters. The van der Waals surface area contributed by atoms with Gasteiger partial charge >= 0.3 is 17.1 Å². The van der Waals surface area contributed by atoms with Crippen LogP contribution in [-0.2, 0) is 23.5 Å². The molecule has 80 valence electrons. The Bertz CT molecular complexity index is 324. The molecule has 0 N–H and O–H groups in total. The van der Waals surface area contributed by atoms with E-state index in [1.165, 1.54) is 11.1 Å². The third-order valence-corrected chi connectivity index (χ3v) is 2.10. The van der Waals surface area contributed by atoms with E-state index in [1.54, 1.807) is 0 Å². The van der Waals surface area contributed by atoms with E-state index in [1.807, 2.05) is 36.4 Å². The molecule has 1 heteroatoms. The summed E-state index contributed by atoms with van der Waals surface area (Å²) in [6, 6.07) is 16.3. The molecule has 0 spiro atoms. The van der Waals surface area contributed by atoms with Gasteiger partial charge in [-0.1, -0.05) is 6.92 Å². The Morgan fingerprint density at radius 2 is 2.00 bits per heavy atom. The van der Waals surface area contributed by atoms with Gasteiger partial charge in [0.15, 0.2) is 0 Å². The predicted octanol–water partition coefficient (Wildman–Crippen LogP) is 4.01. The van der Waals surface area contributed by atoms with E-state index < -0.39 is 0 Å². The molecule has 0 amide bonds. The second-order valence-corrected chi connectivity index (χ2v) is 3.03. The number of hydrogen-bond donors (Lipinski definition) is 0. The van der Waals surface area contributed by atoms with E-state index in [2.05, 4.69) is 31.7 Å². The SMILES string of the molecule is C=C[c-]1cccc1CC.[Fe+2].c1cc[cH-]c1. The predicted molar refractivity (Wildman–Crippen MR) is 63.5 cm³/mol. The summed E-state index contributed by atoms with van der Waals surface area (Å²) in [5.74, 6) is 0. The molecule has 2 aromatic rings. The van der Waals surface area contributed by atoms with Crippen LogP contribution in [0.5, 0.6) is 0 Å². The van der Waals surface area contributed by atoms with Crippen molar-refractivity contribution in [3.05, 3.63) is 66.2 Å². The Kier molecular flexibility index (Phi) is 7.71. The molecule has 0 aliphatic rings. The van der Waals surface area contributed by atoms with Gasteiger partial charge < -0.3 is 0 Å². The molecular weight excluding hydrogens is 224 g/mol. The van der Waals surface area contributed by atoms with Crippen molar-refractivity contribution in [3.8, 4) is 0 Å². The van der Waals surface area contributed by atoms with Gasteiger partial charge in [-0.3, -0.25) is 0 Å². The van der Waals surface area contributed by atoms with Crippen LogP contribution in [0.15, 0.2) is 55.1 Å². The van der Waals surface area contributed by atoms with Gasteiger partial charge in [0, 0.05) is 0 Å². The minimum Gasteiger partial charge on any atom is -0.214 e. The average Bonchev–Trinajstić information content (AvgIpc) is 2.91. The maximum atomic E-state index is 3.71. The van der Waals surface area contributed by atoms with Crippen molar-refractivity contribution in [2.45, 2.75) is 13.3 Å². The van der Waals surface area contributed by atoms with E-state index in [0.717, 1.165) is 6.42 Å². The average molecular weight is 240 g/mol. The van der Waals surface area contributed by atoms with Crippen LogP contribution in [0.3, 0.4) is 0 Å². The van der Waals surface area contributed by atoms with Crippen molar-refractivity contribution < 1.29 is 17.1 Å². The summed E-state index contributed by atoms with van der Waals surface area (Å²) < 4.78 is 0. The first kappa shape index (κ1) is 14.0. The van der Waals surface area contributed by atoms with Crippen molar-refractivity contribution in [1.82, 2.24) is 0 Å². The van der Waals surface area contributed by atoms with Gasteiger partial charge in [-0.2, -0.15) is 36.9 Å². The van der Waals surface area contributed by atoms with Crippen LogP contribution in [-0.4, -0.2) is 0 Å². The van der Waals surface area contributed by atoms with E-state index >= 15 is 0 Å². The Labute approximate surface area is 103 Å². The van der Waals surface area contributed by atoms with Crippen LogP contribution in [0.4, 0.5) is 0 Å². The number of rotatable bonds is 2. The zero-order valence-corrected chi connectivity index (χ0v) is 10.1. The maximum absolute atomic E-state index is 3.71. The van der Waals surface area contributed by atoms with Crippen molar-refractivity contribution in [3.63, 3.8) is 0 Å². The van der Waals surface area contributed by atoms with Gasteiger partial charge in [0.25, 0.3) is 0 Å².